The number of halogens is 1. The van der Waals surface area contributed by atoms with Gasteiger partial charge in [0.1, 0.15) is 13.3 Å². The summed E-state index contributed by atoms with van der Waals surface area (Å²) in [5.74, 6) is 0.350. The number of benzene rings is 1. The summed E-state index contributed by atoms with van der Waals surface area (Å²) in [5, 5.41) is 14.9. The van der Waals surface area contributed by atoms with Crippen LogP contribution in [0.2, 0.25) is 30.7 Å². The Morgan fingerprint density at radius 3 is 2.63 bits per heavy atom. The molecule has 0 saturated carbocycles. The highest BCUT2D eigenvalue weighted by Gasteiger charge is 2.25. The number of aliphatic hydroxyl groups is 1. The van der Waals surface area contributed by atoms with E-state index in [2.05, 4.69) is 29.8 Å². The topological polar surface area (TPSA) is 122 Å². The molecule has 12 heteroatoms. The van der Waals surface area contributed by atoms with E-state index in [4.69, 9.17) is 25.6 Å². The molecular formula is C23H29ClN4O6Si. The van der Waals surface area contributed by atoms with Gasteiger partial charge >= 0.3 is 5.69 Å². The number of fused-ring (bicyclic) bond motifs is 1. The first-order valence-corrected chi connectivity index (χ1v) is 15.5. The monoisotopic (exact) mass is 520 g/mol. The van der Waals surface area contributed by atoms with Gasteiger partial charge in [-0.25, -0.2) is 4.79 Å². The smallest absolute Gasteiger partial charge is 0.333 e. The number of rotatable bonds is 10. The molecule has 35 heavy (non-hydrogen) atoms. The highest BCUT2D eigenvalue weighted by Crippen LogP contribution is 2.20. The van der Waals surface area contributed by atoms with Crippen molar-refractivity contribution in [1.29, 1.82) is 0 Å². The van der Waals surface area contributed by atoms with Crippen molar-refractivity contribution in [2.75, 3.05) is 6.61 Å². The highest BCUT2D eigenvalue weighted by atomic mass is 35.5. The molecule has 188 valence electrons. The summed E-state index contributed by atoms with van der Waals surface area (Å²) in [5.41, 5.74) is 0.667. The summed E-state index contributed by atoms with van der Waals surface area (Å²) in [6.45, 7) is 7.46. The van der Waals surface area contributed by atoms with Crippen LogP contribution in [0.3, 0.4) is 0 Å². The second-order valence-corrected chi connectivity index (χ2v) is 15.8. The van der Waals surface area contributed by atoms with Crippen molar-refractivity contribution in [1.82, 2.24) is 19.3 Å². The lowest BCUT2D eigenvalue weighted by molar-refractivity contribution is 0.0753. The first-order chi connectivity index (χ1) is 16.6. The SMILES string of the molecule is C[Si](C)(C)CCOCn1c2c(c(=O)n(Cc3nc(C[C@H](O)c4ccc(Cl)cc4)no3)c1=O)COC2. The van der Waals surface area contributed by atoms with Crippen LogP contribution in [0.25, 0.3) is 0 Å². The molecular weight excluding hydrogens is 492 g/mol. The maximum absolute atomic E-state index is 13.2. The van der Waals surface area contributed by atoms with Crippen LogP contribution >= 0.6 is 11.6 Å². The molecule has 1 aromatic carbocycles. The first-order valence-electron chi connectivity index (χ1n) is 11.4. The fraction of sp³-hybridized carbons (Fsp3) is 0.478. The van der Waals surface area contributed by atoms with Gasteiger partial charge in [-0.15, -0.1) is 0 Å². The highest BCUT2D eigenvalue weighted by molar-refractivity contribution is 6.76. The predicted molar refractivity (Wildman–Crippen MR) is 131 cm³/mol. The molecule has 3 aromatic rings. The summed E-state index contributed by atoms with van der Waals surface area (Å²) in [7, 11) is -1.28. The molecule has 0 amide bonds. The molecule has 0 aliphatic carbocycles. The average Bonchev–Trinajstić information content (AvgIpc) is 3.45. The van der Waals surface area contributed by atoms with E-state index in [9.17, 15) is 14.7 Å². The van der Waals surface area contributed by atoms with Crippen LogP contribution in [0, 0.1) is 0 Å². The van der Waals surface area contributed by atoms with Gasteiger partial charge in [0.25, 0.3) is 5.56 Å². The molecule has 0 spiro atoms. The molecule has 0 radical (unpaired) electrons. The largest absolute Gasteiger partial charge is 0.388 e. The zero-order valence-electron chi connectivity index (χ0n) is 20.0. The summed E-state index contributed by atoms with van der Waals surface area (Å²) < 4.78 is 19.0. The van der Waals surface area contributed by atoms with E-state index in [0.717, 1.165) is 10.6 Å². The van der Waals surface area contributed by atoms with Crippen LogP contribution in [-0.2, 0) is 42.4 Å². The maximum Gasteiger partial charge on any atom is 0.333 e. The molecule has 0 unspecified atom stereocenters. The average molecular weight is 521 g/mol. The van der Waals surface area contributed by atoms with E-state index in [0.29, 0.717) is 28.5 Å². The van der Waals surface area contributed by atoms with Crippen LogP contribution in [0.15, 0.2) is 38.4 Å². The fourth-order valence-electron chi connectivity index (χ4n) is 3.71. The standard InChI is InChI=1S/C23H29ClN4O6Si/c1-35(2,3)9-8-32-14-28-18-13-33-12-17(18)22(30)27(23(28)31)11-21-25-20(26-34-21)10-19(29)15-4-6-16(24)7-5-15/h4-7,19,29H,8-14H2,1-3H3/t19-/m0/s1. The van der Waals surface area contributed by atoms with E-state index in [1.165, 1.54) is 4.57 Å². The van der Waals surface area contributed by atoms with Gasteiger partial charge in [-0.2, -0.15) is 4.98 Å². The Balaban J connectivity index is 1.51. The minimum absolute atomic E-state index is 0.0393. The number of ether oxygens (including phenoxy) is 2. The van der Waals surface area contributed by atoms with Crippen molar-refractivity contribution in [2.45, 2.75) is 64.7 Å². The summed E-state index contributed by atoms with van der Waals surface area (Å²) >= 11 is 5.89. The molecule has 1 aliphatic heterocycles. The third kappa shape index (κ3) is 6.17. The summed E-state index contributed by atoms with van der Waals surface area (Å²) in [6.07, 6.45) is -0.754. The van der Waals surface area contributed by atoms with Crippen LogP contribution in [-0.4, -0.2) is 39.1 Å². The molecule has 1 atom stereocenters. The minimum atomic E-state index is -1.28. The summed E-state index contributed by atoms with van der Waals surface area (Å²) in [4.78, 5) is 30.5. The van der Waals surface area contributed by atoms with Gasteiger partial charge in [-0.05, 0) is 23.7 Å². The van der Waals surface area contributed by atoms with Gasteiger partial charge in [0.05, 0.1) is 30.6 Å². The van der Waals surface area contributed by atoms with Crippen LogP contribution in [0.1, 0.15) is 34.6 Å². The van der Waals surface area contributed by atoms with Crippen molar-refractivity contribution in [2.24, 2.45) is 0 Å². The second-order valence-electron chi connectivity index (χ2n) is 9.74. The molecule has 0 fully saturated rings. The van der Waals surface area contributed by atoms with Gasteiger partial charge in [0.2, 0.25) is 5.89 Å². The Morgan fingerprint density at radius 1 is 1.17 bits per heavy atom. The van der Waals surface area contributed by atoms with Gasteiger partial charge in [0, 0.05) is 26.1 Å². The predicted octanol–water partition coefficient (Wildman–Crippen LogP) is 2.71. The van der Waals surface area contributed by atoms with E-state index in [1.54, 1.807) is 24.3 Å². The lowest BCUT2D eigenvalue weighted by Crippen LogP contribution is -2.43. The van der Waals surface area contributed by atoms with Crippen molar-refractivity contribution < 1.29 is 19.1 Å². The van der Waals surface area contributed by atoms with Crippen molar-refractivity contribution in [3.05, 3.63) is 78.7 Å². The quantitative estimate of drug-likeness (QED) is 0.320. The third-order valence-electron chi connectivity index (χ3n) is 5.78. The number of nitrogens with zero attached hydrogens (tertiary/aromatic N) is 4. The second kappa shape index (κ2) is 10.6. The van der Waals surface area contributed by atoms with Crippen LogP contribution in [0.4, 0.5) is 0 Å². The van der Waals surface area contributed by atoms with E-state index < -0.39 is 25.4 Å². The Hall–Kier alpha value is -2.57. The zero-order valence-corrected chi connectivity index (χ0v) is 21.7. The van der Waals surface area contributed by atoms with E-state index in [1.807, 2.05) is 0 Å². The minimum Gasteiger partial charge on any atom is -0.388 e. The number of hydrogen-bond donors (Lipinski definition) is 1. The van der Waals surface area contributed by atoms with Gasteiger partial charge < -0.3 is 19.1 Å². The first kappa shape index (κ1) is 25.5. The molecule has 2 aromatic heterocycles. The lowest BCUT2D eigenvalue weighted by Gasteiger charge is -2.17. The maximum atomic E-state index is 13.2. The molecule has 0 saturated heterocycles. The van der Waals surface area contributed by atoms with Crippen LogP contribution in [0.5, 0.6) is 0 Å². The molecule has 1 N–H and O–H groups in total. The Morgan fingerprint density at radius 2 is 1.91 bits per heavy atom. The Bertz CT molecular complexity index is 1300. The van der Waals surface area contributed by atoms with Gasteiger partial charge in [0.15, 0.2) is 5.82 Å². The number of hydrogen-bond acceptors (Lipinski definition) is 8. The van der Waals surface area contributed by atoms with Crippen molar-refractivity contribution in [3.63, 3.8) is 0 Å². The zero-order chi connectivity index (χ0) is 25.2. The fourth-order valence-corrected chi connectivity index (χ4v) is 4.59. The Labute approximate surface area is 208 Å². The third-order valence-corrected chi connectivity index (χ3v) is 7.73. The lowest BCUT2D eigenvalue weighted by atomic mass is 10.1. The van der Waals surface area contributed by atoms with E-state index >= 15 is 0 Å². The molecule has 10 nitrogen and oxygen atoms in total. The normalized spacial score (nSPS) is 14.3. The molecule has 1 aliphatic rings. The van der Waals surface area contributed by atoms with Gasteiger partial charge in [-0.3, -0.25) is 13.9 Å². The Kier molecular flexibility index (Phi) is 7.72. The summed E-state index contributed by atoms with van der Waals surface area (Å²) in [6, 6.07) is 7.77. The molecule has 0 bridgehead atoms. The van der Waals surface area contributed by atoms with E-state index in [-0.39, 0.29) is 44.6 Å². The number of aliphatic hydroxyl groups excluding tert-OH is 1. The molecule has 3 heterocycles. The molecule has 4 rings (SSSR count). The van der Waals surface area contributed by atoms with Crippen LogP contribution < -0.4 is 11.2 Å². The van der Waals surface area contributed by atoms with Crippen molar-refractivity contribution in [3.8, 4) is 0 Å². The number of aromatic nitrogens is 4. The van der Waals surface area contributed by atoms with Gasteiger partial charge in [-0.1, -0.05) is 48.5 Å². The van der Waals surface area contributed by atoms with Crippen molar-refractivity contribution >= 4 is 19.7 Å².